The molecule has 0 unspecified atom stereocenters. The number of aromatic nitrogens is 4. The lowest BCUT2D eigenvalue weighted by molar-refractivity contribution is 0.0662. The van der Waals surface area contributed by atoms with Crippen LogP contribution in [0.3, 0.4) is 0 Å². The second-order valence-corrected chi connectivity index (χ2v) is 7.07. The van der Waals surface area contributed by atoms with E-state index in [1.54, 1.807) is 0 Å². The summed E-state index contributed by atoms with van der Waals surface area (Å²) in [5.74, 6) is 0. The molecule has 0 atom stereocenters. The number of hydrogen-bond acceptors (Lipinski definition) is 4. The minimum Gasteiger partial charge on any atom is -0.381 e. The van der Waals surface area contributed by atoms with Gasteiger partial charge in [-0.3, -0.25) is 4.68 Å². The maximum Gasteiger partial charge on any atom is 0.137 e. The molecule has 1 aromatic carbocycles. The first-order chi connectivity index (χ1) is 13.8. The van der Waals surface area contributed by atoms with E-state index in [9.17, 15) is 5.26 Å². The SMILES string of the molecule is N#Cc1cccc(-c2c[nH]c3ncc(-c4cnn(C5CCOCC5)c4)cc23)c1. The Morgan fingerprint density at radius 2 is 2.00 bits per heavy atom. The molecule has 1 saturated heterocycles. The van der Waals surface area contributed by atoms with Crippen LogP contribution < -0.4 is 0 Å². The van der Waals surface area contributed by atoms with E-state index in [-0.39, 0.29) is 0 Å². The third kappa shape index (κ3) is 2.96. The first-order valence-corrected chi connectivity index (χ1v) is 9.42. The van der Waals surface area contributed by atoms with Crippen LogP contribution in [-0.2, 0) is 4.74 Å². The predicted molar refractivity (Wildman–Crippen MR) is 107 cm³/mol. The minimum atomic E-state index is 0.399. The van der Waals surface area contributed by atoms with Gasteiger partial charge in [0.1, 0.15) is 5.65 Å². The van der Waals surface area contributed by atoms with Crippen LogP contribution in [0.4, 0.5) is 0 Å². The van der Waals surface area contributed by atoms with Gasteiger partial charge >= 0.3 is 0 Å². The number of nitrogens with one attached hydrogen (secondary N) is 1. The van der Waals surface area contributed by atoms with Crippen molar-refractivity contribution in [1.29, 1.82) is 5.26 Å². The predicted octanol–water partition coefficient (Wildman–Crippen LogP) is 4.32. The average Bonchev–Trinajstić information content (AvgIpc) is 3.41. The Bertz CT molecular complexity index is 1180. The van der Waals surface area contributed by atoms with Crippen molar-refractivity contribution in [1.82, 2.24) is 19.7 Å². The molecule has 3 aromatic heterocycles. The second-order valence-electron chi connectivity index (χ2n) is 7.07. The fourth-order valence-corrected chi connectivity index (χ4v) is 3.79. The van der Waals surface area contributed by atoms with Crippen molar-refractivity contribution in [3.8, 4) is 28.3 Å². The molecule has 1 N–H and O–H groups in total. The van der Waals surface area contributed by atoms with Crippen LogP contribution >= 0.6 is 0 Å². The molecule has 1 aliphatic heterocycles. The van der Waals surface area contributed by atoms with Gasteiger partial charge in [0, 0.05) is 53.9 Å². The molecule has 6 heteroatoms. The van der Waals surface area contributed by atoms with Gasteiger partial charge < -0.3 is 9.72 Å². The largest absolute Gasteiger partial charge is 0.381 e. The van der Waals surface area contributed by atoms with Gasteiger partial charge in [-0.25, -0.2) is 4.98 Å². The van der Waals surface area contributed by atoms with E-state index in [0.29, 0.717) is 11.6 Å². The highest BCUT2D eigenvalue weighted by Gasteiger charge is 2.17. The minimum absolute atomic E-state index is 0.399. The first-order valence-electron chi connectivity index (χ1n) is 9.42. The van der Waals surface area contributed by atoms with Crippen molar-refractivity contribution in [2.75, 3.05) is 13.2 Å². The zero-order valence-corrected chi connectivity index (χ0v) is 15.3. The Morgan fingerprint density at radius 1 is 1.11 bits per heavy atom. The highest BCUT2D eigenvalue weighted by molar-refractivity contribution is 5.95. The second kappa shape index (κ2) is 6.95. The number of hydrogen-bond donors (Lipinski definition) is 1. The number of fused-ring (bicyclic) bond motifs is 1. The van der Waals surface area contributed by atoms with Crippen LogP contribution in [0.25, 0.3) is 33.3 Å². The summed E-state index contributed by atoms with van der Waals surface area (Å²) in [6.07, 6.45) is 9.82. The topological polar surface area (TPSA) is 79.5 Å². The fraction of sp³-hybridized carbons (Fsp3) is 0.227. The summed E-state index contributed by atoms with van der Waals surface area (Å²) in [5.41, 5.74) is 5.61. The van der Waals surface area contributed by atoms with Crippen molar-refractivity contribution < 1.29 is 4.74 Å². The maximum atomic E-state index is 9.19. The lowest BCUT2D eigenvalue weighted by atomic mass is 10.0. The van der Waals surface area contributed by atoms with Gasteiger partial charge in [0.15, 0.2) is 0 Å². The van der Waals surface area contributed by atoms with Gasteiger partial charge in [-0.05, 0) is 36.6 Å². The number of rotatable bonds is 3. The molecule has 0 radical (unpaired) electrons. The molecule has 0 spiro atoms. The van der Waals surface area contributed by atoms with Crippen LogP contribution in [0.1, 0.15) is 24.4 Å². The number of benzene rings is 1. The first kappa shape index (κ1) is 16.7. The summed E-state index contributed by atoms with van der Waals surface area (Å²) in [6.45, 7) is 1.59. The Morgan fingerprint density at radius 3 is 2.86 bits per heavy atom. The highest BCUT2D eigenvalue weighted by atomic mass is 16.5. The van der Waals surface area contributed by atoms with Crippen molar-refractivity contribution in [2.24, 2.45) is 0 Å². The van der Waals surface area contributed by atoms with E-state index < -0.39 is 0 Å². The zero-order chi connectivity index (χ0) is 18.9. The third-order valence-electron chi connectivity index (χ3n) is 5.33. The van der Waals surface area contributed by atoms with Gasteiger partial charge in [-0.1, -0.05) is 12.1 Å². The molecule has 0 bridgehead atoms. The van der Waals surface area contributed by atoms with Crippen molar-refractivity contribution >= 4 is 11.0 Å². The summed E-state index contributed by atoms with van der Waals surface area (Å²) in [5, 5.41) is 14.8. The smallest absolute Gasteiger partial charge is 0.137 e. The van der Waals surface area contributed by atoms with Crippen LogP contribution in [-0.4, -0.2) is 33.0 Å². The fourth-order valence-electron chi connectivity index (χ4n) is 3.79. The summed E-state index contributed by atoms with van der Waals surface area (Å²) in [6, 6.07) is 12.4. The zero-order valence-electron chi connectivity index (χ0n) is 15.3. The number of H-pyrrole nitrogens is 1. The summed E-state index contributed by atoms with van der Waals surface area (Å²) in [7, 11) is 0. The van der Waals surface area contributed by atoms with Crippen LogP contribution in [0.15, 0.2) is 55.1 Å². The molecular weight excluding hydrogens is 350 g/mol. The highest BCUT2D eigenvalue weighted by Crippen LogP contribution is 2.32. The molecule has 0 aliphatic carbocycles. The molecule has 0 saturated carbocycles. The van der Waals surface area contributed by atoms with Gasteiger partial charge in [-0.15, -0.1) is 0 Å². The monoisotopic (exact) mass is 369 g/mol. The Hall–Kier alpha value is -3.43. The van der Waals surface area contributed by atoms with Gasteiger partial charge in [0.25, 0.3) is 0 Å². The molecule has 4 aromatic rings. The number of nitriles is 1. The van der Waals surface area contributed by atoms with Gasteiger partial charge in [-0.2, -0.15) is 10.4 Å². The van der Waals surface area contributed by atoms with E-state index >= 15 is 0 Å². The molecule has 6 nitrogen and oxygen atoms in total. The van der Waals surface area contributed by atoms with Crippen molar-refractivity contribution in [3.63, 3.8) is 0 Å². The van der Waals surface area contributed by atoms with Crippen molar-refractivity contribution in [3.05, 3.63) is 60.7 Å². The van der Waals surface area contributed by atoms with E-state index in [0.717, 1.165) is 59.3 Å². The van der Waals surface area contributed by atoms with E-state index in [2.05, 4.69) is 38.1 Å². The molecule has 1 fully saturated rings. The lowest BCUT2D eigenvalue weighted by Gasteiger charge is -2.22. The molecule has 28 heavy (non-hydrogen) atoms. The molecule has 1 aliphatic rings. The molecule has 138 valence electrons. The van der Waals surface area contributed by atoms with Crippen LogP contribution in [0.2, 0.25) is 0 Å². The number of pyridine rings is 1. The lowest BCUT2D eigenvalue weighted by Crippen LogP contribution is -2.19. The van der Waals surface area contributed by atoms with Gasteiger partial charge in [0.05, 0.1) is 23.9 Å². The average molecular weight is 369 g/mol. The number of aromatic amines is 1. The number of ether oxygens (including phenoxy) is 1. The van der Waals surface area contributed by atoms with E-state index in [1.165, 1.54) is 0 Å². The summed E-state index contributed by atoms with van der Waals surface area (Å²) in [4.78, 5) is 7.82. The molecule has 0 amide bonds. The van der Waals surface area contributed by atoms with Crippen molar-refractivity contribution in [2.45, 2.75) is 18.9 Å². The standard InChI is InChI=1S/C22H19N5O/c23-10-15-2-1-3-16(8-15)21-13-25-22-20(21)9-17(11-24-22)18-12-26-27(14-18)19-4-6-28-7-5-19/h1-3,8-9,11-14,19H,4-7H2,(H,24,25). The summed E-state index contributed by atoms with van der Waals surface area (Å²) >= 11 is 0. The van der Waals surface area contributed by atoms with Crippen LogP contribution in [0, 0.1) is 11.3 Å². The van der Waals surface area contributed by atoms with E-state index in [4.69, 9.17) is 4.74 Å². The number of nitrogens with zero attached hydrogens (tertiary/aromatic N) is 4. The quantitative estimate of drug-likeness (QED) is 0.583. The Labute approximate surface area is 162 Å². The molecule has 4 heterocycles. The maximum absolute atomic E-state index is 9.19. The molecular formula is C22H19N5O. The van der Waals surface area contributed by atoms with Crippen LogP contribution in [0.5, 0.6) is 0 Å². The van der Waals surface area contributed by atoms with Gasteiger partial charge in [0.2, 0.25) is 0 Å². The molecule has 5 rings (SSSR count). The Kier molecular flexibility index (Phi) is 4.15. The van der Waals surface area contributed by atoms with E-state index in [1.807, 2.05) is 42.9 Å². The summed E-state index contributed by atoms with van der Waals surface area (Å²) < 4.78 is 7.50. The third-order valence-corrected chi connectivity index (χ3v) is 5.33. The normalized spacial score (nSPS) is 15.0. The Balaban J connectivity index is 1.53.